The Bertz CT molecular complexity index is 3890. The highest BCUT2D eigenvalue weighted by atomic mass is 32.1. The van der Waals surface area contributed by atoms with Crippen molar-refractivity contribution in [1.29, 1.82) is 0 Å². The molecule has 0 spiro atoms. The molecule has 8 aromatic carbocycles. The van der Waals surface area contributed by atoms with E-state index in [-0.39, 0.29) is 0 Å². The first-order valence-corrected chi connectivity index (χ1v) is 23.1. The number of allylic oxidation sites excluding steroid dienone is 1. The van der Waals surface area contributed by atoms with E-state index in [0.29, 0.717) is 0 Å². The molecule has 13 rings (SSSR count). The van der Waals surface area contributed by atoms with Gasteiger partial charge in [-0.2, -0.15) is 0 Å². The van der Waals surface area contributed by atoms with Gasteiger partial charge in [0.25, 0.3) is 0 Å². The van der Waals surface area contributed by atoms with Crippen LogP contribution in [0.1, 0.15) is 6.92 Å². The van der Waals surface area contributed by atoms with E-state index in [2.05, 4.69) is 228 Å². The van der Waals surface area contributed by atoms with Crippen LogP contribution in [-0.2, 0) is 0 Å². The zero-order chi connectivity index (χ0) is 44.1. The minimum Gasteiger partial charge on any atom is -0.309 e. The third kappa shape index (κ3) is 6.60. The van der Waals surface area contributed by atoms with E-state index in [9.17, 15) is 0 Å². The number of rotatable bonds is 6. The molecule has 0 bridgehead atoms. The van der Waals surface area contributed by atoms with Gasteiger partial charge in [-0.3, -0.25) is 4.98 Å². The molecule has 4 nitrogen and oxygen atoms in total. The summed E-state index contributed by atoms with van der Waals surface area (Å²) in [6.45, 7) is 5.25. The molecular formula is C61H42N4S. The fraction of sp³-hybridized carbons (Fsp3) is 0.0164. The summed E-state index contributed by atoms with van der Waals surface area (Å²) in [4.78, 5) is 9.96. The summed E-state index contributed by atoms with van der Waals surface area (Å²) < 4.78 is 7.29. The molecular weight excluding hydrogens is 821 g/mol. The van der Waals surface area contributed by atoms with Crippen molar-refractivity contribution in [3.63, 3.8) is 0 Å². The maximum absolute atomic E-state index is 5.18. The fourth-order valence-corrected chi connectivity index (χ4v) is 10.8. The molecule has 0 saturated heterocycles. The first-order valence-electron chi connectivity index (χ1n) is 22.3. The van der Waals surface area contributed by atoms with E-state index >= 15 is 0 Å². The SMILES string of the molecule is C=CC.c1ccc(-c2cc(-n3c4ccccc4c4cc(-c5ccc6c(c5)c5ccccc5n6-c5ccc(-c6ccnc7c6sc6ccccc67)cc5)ccc43)cc(-c3ccccc3)n2)cc1. The second-order valence-corrected chi connectivity index (χ2v) is 17.6. The molecule has 5 heteroatoms. The second kappa shape index (κ2) is 16.3. The van der Waals surface area contributed by atoms with Gasteiger partial charge in [0, 0.05) is 60.2 Å². The van der Waals surface area contributed by atoms with Crippen LogP contribution in [0.25, 0.3) is 120 Å². The monoisotopic (exact) mass is 862 g/mol. The largest absolute Gasteiger partial charge is 0.309 e. The Morgan fingerprint density at radius 1 is 0.424 bits per heavy atom. The fourth-order valence-electron chi connectivity index (χ4n) is 9.64. The summed E-state index contributed by atoms with van der Waals surface area (Å²) in [5.74, 6) is 0. The molecule has 66 heavy (non-hydrogen) atoms. The quantitative estimate of drug-likeness (QED) is 0.156. The Hall–Kier alpha value is -8.38. The van der Waals surface area contributed by atoms with Crippen molar-refractivity contribution in [1.82, 2.24) is 19.1 Å². The molecule has 0 aliphatic rings. The van der Waals surface area contributed by atoms with Gasteiger partial charge >= 0.3 is 0 Å². The van der Waals surface area contributed by atoms with Crippen molar-refractivity contribution in [3.8, 4) is 56.1 Å². The lowest BCUT2D eigenvalue weighted by molar-refractivity contribution is 1.16. The van der Waals surface area contributed by atoms with Gasteiger partial charge in [-0.25, -0.2) is 4.98 Å². The van der Waals surface area contributed by atoms with E-state index in [4.69, 9.17) is 9.97 Å². The van der Waals surface area contributed by atoms with Crippen molar-refractivity contribution in [2.75, 3.05) is 0 Å². The summed E-state index contributed by atoms with van der Waals surface area (Å²) in [5, 5.41) is 6.11. The maximum atomic E-state index is 5.18. The third-order valence-electron chi connectivity index (χ3n) is 12.6. The summed E-state index contributed by atoms with van der Waals surface area (Å²) in [6, 6.07) is 76.5. The molecule has 0 aliphatic carbocycles. The minimum atomic E-state index is 0.945. The highest BCUT2D eigenvalue weighted by molar-refractivity contribution is 7.26. The van der Waals surface area contributed by atoms with Crippen LogP contribution in [0.2, 0.25) is 0 Å². The Morgan fingerprint density at radius 2 is 0.894 bits per heavy atom. The van der Waals surface area contributed by atoms with Crippen molar-refractivity contribution in [3.05, 3.63) is 231 Å². The zero-order valence-corrected chi connectivity index (χ0v) is 37.1. The van der Waals surface area contributed by atoms with Gasteiger partial charge in [0.1, 0.15) is 0 Å². The summed E-state index contributed by atoms with van der Waals surface area (Å²) in [5.41, 5.74) is 16.8. The number of para-hydroxylation sites is 2. The first kappa shape index (κ1) is 39.2. The van der Waals surface area contributed by atoms with Crippen molar-refractivity contribution >= 4 is 75.3 Å². The van der Waals surface area contributed by atoms with Crippen molar-refractivity contribution < 1.29 is 0 Å². The van der Waals surface area contributed by atoms with E-state index in [1.807, 2.05) is 24.5 Å². The number of thiophene rings is 1. The van der Waals surface area contributed by atoms with Gasteiger partial charge < -0.3 is 9.13 Å². The van der Waals surface area contributed by atoms with Crippen LogP contribution in [0.5, 0.6) is 0 Å². The highest BCUT2D eigenvalue weighted by Gasteiger charge is 2.18. The number of hydrogen-bond acceptors (Lipinski definition) is 3. The molecule has 0 saturated carbocycles. The van der Waals surface area contributed by atoms with Crippen LogP contribution in [0, 0.1) is 0 Å². The third-order valence-corrected chi connectivity index (χ3v) is 13.8. The number of benzene rings is 8. The van der Waals surface area contributed by atoms with Crippen LogP contribution in [0.15, 0.2) is 231 Å². The first-order chi connectivity index (χ1) is 32.6. The molecule has 0 atom stereocenters. The van der Waals surface area contributed by atoms with Gasteiger partial charge in [0.05, 0.1) is 49.4 Å². The molecule has 0 N–H and O–H groups in total. The summed E-state index contributed by atoms with van der Waals surface area (Å²) in [7, 11) is 0. The Kier molecular flexibility index (Phi) is 9.70. The van der Waals surface area contributed by atoms with Gasteiger partial charge in [0.15, 0.2) is 0 Å². The summed E-state index contributed by atoms with van der Waals surface area (Å²) >= 11 is 1.82. The molecule has 0 amide bonds. The van der Waals surface area contributed by atoms with Crippen molar-refractivity contribution in [2.45, 2.75) is 6.92 Å². The number of hydrogen-bond donors (Lipinski definition) is 0. The highest BCUT2D eigenvalue weighted by Crippen LogP contribution is 2.41. The summed E-state index contributed by atoms with van der Waals surface area (Å²) in [6.07, 6.45) is 3.69. The Labute approximate surface area is 386 Å². The predicted octanol–water partition coefficient (Wildman–Crippen LogP) is 16.9. The number of fused-ring (bicyclic) bond motifs is 9. The molecule has 5 aromatic heterocycles. The van der Waals surface area contributed by atoms with Gasteiger partial charge in [-0.1, -0.05) is 146 Å². The van der Waals surface area contributed by atoms with Crippen LogP contribution in [0.3, 0.4) is 0 Å². The van der Waals surface area contributed by atoms with Crippen LogP contribution < -0.4 is 0 Å². The van der Waals surface area contributed by atoms with E-state index in [1.54, 1.807) is 6.08 Å². The maximum Gasteiger partial charge on any atom is 0.0894 e. The average Bonchev–Trinajstić information content (AvgIpc) is 4.04. The van der Waals surface area contributed by atoms with Gasteiger partial charge in [-0.15, -0.1) is 17.9 Å². The standard InChI is InChI=1S/C58H36N4S.C3H6/c1-3-13-38(14-4-1)50-35-43(36-51(60-50)39-15-5-2-6-16-39)62-53-21-11-8-18-46(53)49-34-41(26-30-55(49)62)40-25-29-54-48(33-40)45-17-7-10-20-52(45)61(54)42-27-23-37(24-28-42)44-31-32-59-57-47-19-9-12-22-56(47)63-58(44)57;1-3-2/h1-36H;3H,1H2,2H3. The molecule has 312 valence electrons. The Balaban J connectivity index is 0.00000148. The Morgan fingerprint density at radius 3 is 1.47 bits per heavy atom. The zero-order valence-electron chi connectivity index (χ0n) is 36.3. The van der Waals surface area contributed by atoms with Crippen molar-refractivity contribution in [2.24, 2.45) is 0 Å². The molecule has 13 aromatic rings. The van der Waals surface area contributed by atoms with Crippen LogP contribution in [0.4, 0.5) is 0 Å². The molecule has 0 radical (unpaired) electrons. The second-order valence-electron chi connectivity index (χ2n) is 16.6. The smallest absolute Gasteiger partial charge is 0.0894 e. The topological polar surface area (TPSA) is 35.6 Å². The van der Waals surface area contributed by atoms with Crippen LogP contribution >= 0.6 is 11.3 Å². The number of nitrogens with zero attached hydrogens (tertiary/aromatic N) is 4. The minimum absolute atomic E-state index is 0.945. The van der Waals surface area contributed by atoms with E-state index in [1.165, 1.54) is 69.6 Å². The lowest BCUT2D eigenvalue weighted by Crippen LogP contribution is -1.98. The molecule has 0 aliphatic heterocycles. The lowest BCUT2D eigenvalue weighted by atomic mass is 10.0. The molecule has 0 fully saturated rings. The van der Waals surface area contributed by atoms with Crippen LogP contribution in [-0.4, -0.2) is 19.1 Å². The predicted molar refractivity (Wildman–Crippen MR) is 281 cm³/mol. The van der Waals surface area contributed by atoms with E-state index < -0.39 is 0 Å². The average molecular weight is 863 g/mol. The van der Waals surface area contributed by atoms with E-state index in [0.717, 1.165) is 50.4 Å². The number of pyridine rings is 2. The molecule has 0 unspecified atom stereocenters. The molecule has 5 heterocycles. The lowest BCUT2D eigenvalue weighted by Gasteiger charge is -2.13. The normalized spacial score (nSPS) is 11.5. The van der Waals surface area contributed by atoms with Gasteiger partial charge in [0.2, 0.25) is 0 Å². The number of aromatic nitrogens is 4. The van der Waals surface area contributed by atoms with Gasteiger partial charge in [-0.05, 0) is 96.4 Å².